The van der Waals surface area contributed by atoms with Crippen molar-refractivity contribution in [3.63, 3.8) is 0 Å². The van der Waals surface area contributed by atoms with Gasteiger partial charge in [0.25, 0.3) is 0 Å². The quantitative estimate of drug-likeness (QED) is 0.757. The summed E-state index contributed by atoms with van der Waals surface area (Å²) in [6.45, 7) is 8.29. The summed E-state index contributed by atoms with van der Waals surface area (Å²) < 4.78 is 31.4. The molecular formula is C19H21BClFO3. The Labute approximate surface area is 153 Å². The van der Waals surface area contributed by atoms with Crippen LogP contribution < -0.4 is 10.2 Å². The largest absolute Gasteiger partial charge is 0.495 e. The molecule has 0 aliphatic carbocycles. The number of rotatable bonds is 4. The average Bonchev–Trinajstić information content (AvgIpc) is 2.76. The second-order valence-corrected chi connectivity index (χ2v) is 7.56. The predicted octanol–water partition coefficient (Wildman–Crippen LogP) is 4.36. The fourth-order valence-corrected chi connectivity index (χ4v) is 2.78. The van der Waals surface area contributed by atoms with Gasteiger partial charge in [0.15, 0.2) is 0 Å². The molecule has 0 amide bonds. The van der Waals surface area contributed by atoms with Crippen molar-refractivity contribution >= 4 is 24.2 Å². The van der Waals surface area contributed by atoms with E-state index in [0.29, 0.717) is 10.8 Å². The maximum Gasteiger partial charge on any atom is 0.495 e. The summed E-state index contributed by atoms with van der Waals surface area (Å²) in [5.74, 6) is -0.0796. The van der Waals surface area contributed by atoms with Gasteiger partial charge < -0.3 is 14.0 Å². The molecule has 0 atom stereocenters. The van der Waals surface area contributed by atoms with Crippen LogP contribution in [0.15, 0.2) is 42.5 Å². The summed E-state index contributed by atoms with van der Waals surface area (Å²) in [4.78, 5) is 0. The van der Waals surface area contributed by atoms with Crippen LogP contribution in [0.3, 0.4) is 0 Å². The van der Waals surface area contributed by atoms with E-state index in [4.69, 9.17) is 25.6 Å². The molecule has 0 saturated carbocycles. The minimum absolute atomic E-state index is 0.240. The topological polar surface area (TPSA) is 27.7 Å². The first-order valence-electron chi connectivity index (χ1n) is 8.21. The highest BCUT2D eigenvalue weighted by atomic mass is 35.5. The highest BCUT2D eigenvalue weighted by Crippen LogP contribution is 2.36. The van der Waals surface area contributed by atoms with E-state index < -0.39 is 24.1 Å². The molecular weight excluding hydrogens is 341 g/mol. The lowest BCUT2D eigenvalue weighted by atomic mass is 9.76. The maximum absolute atomic E-state index is 13.4. The lowest BCUT2D eigenvalue weighted by Gasteiger charge is -2.32. The van der Waals surface area contributed by atoms with E-state index in [1.165, 1.54) is 18.2 Å². The first-order valence-corrected chi connectivity index (χ1v) is 8.59. The third-order valence-corrected chi connectivity index (χ3v) is 5.15. The van der Waals surface area contributed by atoms with Gasteiger partial charge in [0, 0.05) is 6.07 Å². The SMILES string of the molecule is CC1(C)OB(c2ccccc2COc2cc(F)ccc2Cl)OC1(C)C. The Bertz CT molecular complexity index is 763. The average molecular weight is 363 g/mol. The first kappa shape index (κ1) is 18.2. The molecule has 1 saturated heterocycles. The number of benzene rings is 2. The molecule has 2 aromatic carbocycles. The zero-order valence-electron chi connectivity index (χ0n) is 14.8. The third-order valence-electron chi connectivity index (χ3n) is 4.84. The van der Waals surface area contributed by atoms with Crippen molar-refractivity contribution in [2.24, 2.45) is 0 Å². The maximum atomic E-state index is 13.4. The molecule has 3 rings (SSSR count). The Kier molecular flexibility index (Phi) is 4.84. The van der Waals surface area contributed by atoms with Crippen molar-refractivity contribution in [3.8, 4) is 5.75 Å². The molecule has 1 heterocycles. The van der Waals surface area contributed by atoms with Crippen LogP contribution in [-0.2, 0) is 15.9 Å². The zero-order valence-corrected chi connectivity index (χ0v) is 15.6. The fourth-order valence-electron chi connectivity index (χ4n) is 2.61. The molecule has 2 aromatic rings. The molecule has 0 bridgehead atoms. The number of hydrogen-bond acceptors (Lipinski definition) is 3. The predicted molar refractivity (Wildman–Crippen MR) is 97.9 cm³/mol. The van der Waals surface area contributed by atoms with Crippen molar-refractivity contribution in [1.29, 1.82) is 0 Å². The molecule has 0 unspecified atom stereocenters. The van der Waals surface area contributed by atoms with Crippen LogP contribution in [0.2, 0.25) is 5.02 Å². The number of halogens is 2. The van der Waals surface area contributed by atoms with E-state index in [1.807, 2.05) is 52.0 Å². The van der Waals surface area contributed by atoms with E-state index in [0.717, 1.165) is 11.0 Å². The van der Waals surface area contributed by atoms with Crippen LogP contribution in [-0.4, -0.2) is 18.3 Å². The van der Waals surface area contributed by atoms with Gasteiger partial charge in [-0.1, -0.05) is 35.9 Å². The molecule has 1 fully saturated rings. The molecule has 132 valence electrons. The Morgan fingerprint density at radius 3 is 2.36 bits per heavy atom. The van der Waals surface area contributed by atoms with Crippen molar-refractivity contribution in [2.75, 3.05) is 0 Å². The summed E-state index contributed by atoms with van der Waals surface area (Å²) in [5, 5.41) is 0.370. The van der Waals surface area contributed by atoms with Gasteiger partial charge in [-0.15, -0.1) is 0 Å². The highest BCUT2D eigenvalue weighted by molar-refractivity contribution is 6.62. The van der Waals surface area contributed by atoms with Gasteiger partial charge in [-0.2, -0.15) is 0 Å². The van der Waals surface area contributed by atoms with Crippen molar-refractivity contribution in [1.82, 2.24) is 0 Å². The van der Waals surface area contributed by atoms with Crippen LogP contribution in [0, 0.1) is 5.82 Å². The summed E-state index contributed by atoms with van der Waals surface area (Å²) in [5.41, 5.74) is 0.963. The second-order valence-electron chi connectivity index (χ2n) is 7.15. The van der Waals surface area contributed by atoms with Crippen LogP contribution in [0.5, 0.6) is 5.75 Å². The normalized spacial score (nSPS) is 18.4. The molecule has 0 radical (unpaired) electrons. The highest BCUT2D eigenvalue weighted by Gasteiger charge is 2.52. The van der Waals surface area contributed by atoms with Gasteiger partial charge in [-0.05, 0) is 50.9 Å². The van der Waals surface area contributed by atoms with Gasteiger partial charge in [0.05, 0.1) is 16.2 Å². The molecule has 1 aliphatic heterocycles. The standard InChI is InChI=1S/C19H21BClFO3/c1-18(2)19(3,4)25-20(24-18)15-8-6-5-7-13(15)12-23-17-11-14(22)9-10-16(17)21/h5-11H,12H2,1-4H3. The lowest BCUT2D eigenvalue weighted by Crippen LogP contribution is -2.41. The second kappa shape index (κ2) is 6.63. The van der Waals surface area contributed by atoms with Crippen molar-refractivity contribution in [2.45, 2.75) is 45.5 Å². The smallest absolute Gasteiger partial charge is 0.487 e. The Morgan fingerprint density at radius 1 is 1.04 bits per heavy atom. The van der Waals surface area contributed by atoms with E-state index in [2.05, 4.69) is 0 Å². The van der Waals surface area contributed by atoms with E-state index >= 15 is 0 Å². The number of ether oxygens (including phenoxy) is 1. The molecule has 0 N–H and O–H groups in total. The Morgan fingerprint density at radius 2 is 1.68 bits per heavy atom. The van der Waals surface area contributed by atoms with Gasteiger partial charge in [-0.25, -0.2) is 4.39 Å². The van der Waals surface area contributed by atoms with Gasteiger partial charge in [0.1, 0.15) is 18.2 Å². The van der Waals surface area contributed by atoms with E-state index in [-0.39, 0.29) is 6.61 Å². The van der Waals surface area contributed by atoms with Gasteiger partial charge in [-0.3, -0.25) is 0 Å². The summed E-state index contributed by atoms with van der Waals surface area (Å²) >= 11 is 6.06. The molecule has 25 heavy (non-hydrogen) atoms. The van der Waals surface area contributed by atoms with E-state index in [9.17, 15) is 4.39 Å². The minimum Gasteiger partial charge on any atom is -0.487 e. The fraction of sp³-hybridized carbons (Fsp3) is 0.368. The van der Waals surface area contributed by atoms with Crippen LogP contribution in [0.25, 0.3) is 0 Å². The Hall–Kier alpha value is -1.56. The van der Waals surface area contributed by atoms with E-state index in [1.54, 1.807) is 0 Å². The number of hydrogen-bond donors (Lipinski definition) is 0. The first-order chi connectivity index (χ1) is 11.7. The van der Waals surface area contributed by atoms with Crippen molar-refractivity contribution < 1.29 is 18.4 Å². The van der Waals surface area contributed by atoms with Crippen LogP contribution in [0.1, 0.15) is 33.3 Å². The zero-order chi connectivity index (χ0) is 18.2. The van der Waals surface area contributed by atoms with Crippen LogP contribution >= 0.6 is 11.6 Å². The third kappa shape index (κ3) is 3.69. The van der Waals surface area contributed by atoms with Crippen molar-refractivity contribution in [3.05, 3.63) is 58.9 Å². The Balaban J connectivity index is 1.82. The lowest BCUT2D eigenvalue weighted by molar-refractivity contribution is 0.00578. The van der Waals surface area contributed by atoms with Gasteiger partial charge >= 0.3 is 7.12 Å². The molecule has 0 aromatic heterocycles. The monoisotopic (exact) mass is 362 g/mol. The van der Waals surface area contributed by atoms with Crippen LogP contribution in [0.4, 0.5) is 4.39 Å². The molecule has 0 spiro atoms. The summed E-state index contributed by atoms with van der Waals surface area (Å²) in [6.07, 6.45) is 0. The molecule has 1 aliphatic rings. The van der Waals surface area contributed by atoms with Gasteiger partial charge in [0.2, 0.25) is 0 Å². The minimum atomic E-state index is -0.479. The summed E-state index contributed by atoms with van der Waals surface area (Å²) in [7, 11) is -0.479. The molecule has 3 nitrogen and oxygen atoms in total. The summed E-state index contributed by atoms with van der Waals surface area (Å²) in [6, 6.07) is 11.8. The molecule has 6 heteroatoms.